The minimum atomic E-state index is -0.534. The van der Waals surface area contributed by atoms with Crippen LogP contribution in [0.25, 0.3) is 97.9 Å². The third-order valence-electron chi connectivity index (χ3n) is 13.2. The topological polar surface area (TPSA) is 48.2 Å². The predicted molar refractivity (Wildman–Crippen MR) is 253 cm³/mol. The fourth-order valence-electron chi connectivity index (χ4n) is 10.5. The van der Waals surface area contributed by atoms with Gasteiger partial charge in [-0.2, -0.15) is 0 Å². The van der Waals surface area contributed by atoms with Gasteiger partial charge in [-0.1, -0.05) is 146 Å². The van der Waals surface area contributed by atoms with Crippen LogP contribution in [0.1, 0.15) is 22.3 Å². The number of aromatic nitrogens is 2. The van der Waals surface area contributed by atoms with E-state index in [2.05, 4.69) is 176 Å². The zero-order valence-electron chi connectivity index (χ0n) is 33.1. The Morgan fingerprint density at radius 2 is 1.13 bits per heavy atom. The van der Waals surface area contributed by atoms with Crippen molar-refractivity contribution < 1.29 is 9.15 Å². The molecule has 14 rings (SSSR count). The van der Waals surface area contributed by atoms with Crippen molar-refractivity contribution in [2.24, 2.45) is 0 Å². The largest absolute Gasteiger partial charge is 0.457 e. The number of rotatable bonds is 3. The molecule has 288 valence electrons. The Kier molecular flexibility index (Phi) is 6.88. The number of para-hydroxylation sites is 2. The molecule has 1 aliphatic carbocycles. The van der Waals surface area contributed by atoms with E-state index < -0.39 is 5.41 Å². The van der Waals surface area contributed by atoms with Crippen molar-refractivity contribution in [1.29, 1.82) is 0 Å². The molecule has 0 saturated carbocycles. The Hall–Kier alpha value is -7.86. The van der Waals surface area contributed by atoms with Crippen molar-refractivity contribution in [3.8, 4) is 56.4 Å². The third kappa shape index (κ3) is 4.60. The molecule has 0 saturated heterocycles. The average Bonchev–Trinajstić information content (AvgIpc) is 3.99. The SMILES string of the molecule is c1ccc(-c2nc(-c3ccc4c(c3)oc3ccc(-c5ccc6c(c5)-c5c(ccc7ccccc57)C65c6ccccc6Oc6ccccc65)cc34)c3sc4ccccc4c3n2)cc1. The van der Waals surface area contributed by atoms with E-state index in [4.69, 9.17) is 19.1 Å². The molecule has 0 bridgehead atoms. The van der Waals surface area contributed by atoms with Crippen LogP contribution >= 0.6 is 11.3 Å². The molecule has 1 aliphatic heterocycles. The molecule has 4 nitrogen and oxygen atoms in total. The molecule has 3 aromatic heterocycles. The van der Waals surface area contributed by atoms with Crippen LogP contribution in [0.15, 0.2) is 199 Å². The van der Waals surface area contributed by atoms with Crippen LogP contribution < -0.4 is 4.74 Å². The quantitative estimate of drug-likeness (QED) is 0.178. The van der Waals surface area contributed by atoms with Crippen LogP contribution in [-0.4, -0.2) is 9.97 Å². The summed E-state index contributed by atoms with van der Waals surface area (Å²) in [5.41, 5.74) is 14.7. The number of fused-ring (bicyclic) bond motifs is 17. The zero-order valence-corrected chi connectivity index (χ0v) is 33.9. The summed E-state index contributed by atoms with van der Waals surface area (Å²) in [4.78, 5) is 10.3. The second-order valence-corrected chi connectivity index (χ2v) is 17.4. The Labute approximate surface area is 360 Å². The second-order valence-electron chi connectivity index (χ2n) is 16.4. The van der Waals surface area contributed by atoms with Crippen molar-refractivity contribution in [2.45, 2.75) is 5.41 Å². The Bertz CT molecular complexity index is 3820. The van der Waals surface area contributed by atoms with Gasteiger partial charge in [0.15, 0.2) is 5.82 Å². The second kappa shape index (κ2) is 12.6. The molecule has 12 aromatic rings. The number of ether oxygens (including phenoxy) is 1. The molecule has 0 atom stereocenters. The van der Waals surface area contributed by atoms with E-state index in [1.165, 1.54) is 48.9 Å². The Balaban J connectivity index is 0.942. The smallest absolute Gasteiger partial charge is 0.160 e. The van der Waals surface area contributed by atoms with E-state index in [1.807, 2.05) is 18.2 Å². The van der Waals surface area contributed by atoms with Gasteiger partial charge >= 0.3 is 0 Å². The number of benzene rings is 9. The number of furan rings is 1. The summed E-state index contributed by atoms with van der Waals surface area (Å²) in [6.07, 6.45) is 0. The summed E-state index contributed by atoms with van der Waals surface area (Å²) in [5.74, 6) is 2.51. The number of hydrogen-bond donors (Lipinski definition) is 0. The normalized spacial score (nSPS) is 13.4. The van der Waals surface area contributed by atoms with E-state index in [0.717, 1.165) is 77.0 Å². The first-order valence-corrected chi connectivity index (χ1v) is 21.8. The number of nitrogens with zero attached hydrogens (tertiary/aromatic N) is 2. The lowest BCUT2D eigenvalue weighted by Gasteiger charge is -2.39. The van der Waals surface area contributed by atoms with Gasteiger partial charge in [-0.15, -0.1) is 11.3 Å². The monoisotopic (exact) mass is 808 g/mol. The summed E-state index contributed by atoms with van der Waals surface area (Å²) >= 11 is 1.74. The van der Waals surface area contributed by atoms with Gasteiger partial charge in [0, 0.05) is 43.1 Å². The standard InChI is InChI=1S/C57H32N2O2S/c1-2-13-34(14-3-1)56-58-53(55-54(59-56)40-16-6-11-21-51(40)62-55)37-22-26-39-41-30-36(25-29-47(41)60-50(39)32-37)35-24-27-43-42(31-35)52-38-15-5-4-12-33(38)23-28-46(52)57(43)44-17-7-9-19-48(44)61-49-20-10-8-18-45(49)57/h1-32H. The minimum absolute atomic E-state index is 0.534. The van der Waals surface area contributed by atoms with E-state index in [-0.39, 0.29) is 0 Å². The van der Waals surface area contributed by atoms with Crippen LogP contribution in [0.3, 0.4) is 0 Å². The number of hydrogen-bond acceptors (Lipinski definition) is 5. The van der Waals surface area contributed by atoms with Gasteiger partial charge in [0.05, 0.1) is 21.3 Å². The molecule has 2 aliphatic rings. The molecule has 5 heteroatoms. The molecule has 1 spiro atoms. The van der Waals surface area contributed by atoms with Crippen LogP contribution in [-0.2, 0) is 5.41 Å². The fourth-order valence-corrected chi connectivity index (χ4v) is 11.6. The maximum Gasteiger partial charge on any atom is 0.160 e. The summed E-state index contributed by atoms with van der Waals surface area (Å²) in [6, 6.07) is 69.4. The molecule has 9 aromatic carbocycles. The zero-order chi connectivity index (χ0) is 40.5. The van der Waals surface area contributed by atoms with Crippen LogP contribution in [0.5, 0.6) is 11.5 Å². The highest BCUT2D eigenvalue weighted by Gasteiger charge is 2.51. The molecule has 4 heterocycles. The first-order chi connectivity index (χ1) is 30.7. The fraction of sp³-hybridized carbons (Fsp3) is 0.0175. The van der Waals surface area contributed by atoms with Crippen molar-refractivity contribution in [1.82, 2.24) is 9.97 Å². The van der Waals surface area contributed by atoms with E-state index in [1.54, 1.807) is 11.3 Å². The van der Waals surface area contributed by atoms with Crippen molar-refractivity contribution in [2.75, 3.05) is 0 Å². The first-order valence-electron chi connectivity index (χ1n) is 21.0. The summed E-state index contributed by atoms with van der Waals surface area (Å²) < 4.78 is 15.5. The highest BCUT2D eigenvalue weighted by molar-refractivity contribution is 7.26. The van der Waals surface area contributed by atoms with Crippen molar-refractivity contribution >= 4 is 64.4 Å². The van der Waals surface area contributed by atoms with Crippen molar-refractivity contribution in [3.63, 3.8) is 0 Å². The Morgan fingerprint density at radius 3 is 1.98 bits per heavy atom. The number of thiophene rings is 1. The van der Waals surface area contributed by atoms with E-state index in [0.29, 0.717) is 5.82 Å². The van der Waals surface area contributed by atoms with Gasteiger partial charge in [0.2, 0.25) is 0 Å². The van der Waals surface area contributed by atoms with Crippen LogP contribution in [0, 0.1) is 0 Å². The molecular weight excluding hydrogens is 777 g/mol. The lowest BCUT2D eigenvalue weighted by molar-refractivity contribution is 0.436. The average molecular weight is 809 g/mol. The van der Waals surface area contributed by atoms with Gasteiger partial charge in [0.1, 0.15) is 22.7 Å². The highest BCUT2D eigenvalue weighted by Crippen LogP contribution is 2.63. The minimum Gasteiger partial charge on any atom is -0.457 e. The van der Waals surface area contributed by atoms with Gasteiger partial charge < -0.3 is 9.15 Å². The molecule has 0 radical (unpaired) electrons. The summed E-state index contributed by atoms with van der Waals surface area (Å²) in [6.45, 7) is 0. The first kappa shape index (κ1) is 33.9. The molecule has 0 N–H and O–H groups in total. The molecule has 0 fully saturated rings. The Morgan fingerprint density at radius 1 is 0.435 bits per heavy atom. The lowest BCUT2D eigenvalue weighted by Crippen LogP contribution is -2.32. The summed E-state index contributed by atoms with van der Waals surface area (Å²) in [5, 5.41) is 5.78. The molecular formula is C57H32N2O2S. The maximum absolute atomic E-state index is 6.65. The van der Waals surface area contributed by atoms with Crippen LogP contribution in [0.2, 0.25) is 0 Å². The molecule has 0 unspecified atom stereocenters. The molecule has 62 heavy (non-hydrogen) atoms. The molecule has 0 amide bonds. The lowest BCUT2D eigenvalue weighted by atomic mass is 9.66. The van der Waals surface area contributed by atoms with E-state index in [9.17, 15) is 0 Å². The van der Waals surface area contributed by atoms with E-state index >= 15 is 0 Å². The van der Waals surface area contributed by atoms with Gasteiger partial charge in [0.25, 0.3) is 0 Å². The highest BCUT2D eigenvalue weighted by atomic mass is 32.1. The van der Waals surface area contributed by atoms with Gasteiger partial charge in [-0.25, -0.2) is 9.97 Å². The maximum atomic E-state index is 6.65. The van der Waals surface area contributed by atoms with Crippen molar-refractivity contribution in [3.05, 3.63) is 216 Å². The van der Waals surface area contributed by atoms with Gasteiger partial charge in [-0.3, -0.25) is 0 Å². The van der Waals surface area contributed by atoms with Gasteiger partial charge in [-0.05, 0) is 92.7 Å². The predicted octanol–water partition coefficient (Wildman–Crippen LogP) is 15.4. The van der Waals surface area contributed by atoms with Crippen LogP contribution in [0.4, 0.5) is 0 Å². The third-order valence-corrected chi connectivity index (χ3v) is 14.3. The summed E-state index contributed by atoms with van der Waals surface area (Å²) in [7, 11) is 0.